The molecule has 6 nitrogen and oxygen atoms in total. The maximum absolute atomic E-state index is 13.7. The van der Waals surface area contributed by atoms with E-state index < -0.39 is 0 Å². The van der Waals surface area contributed by atoms with Gasteiger partial charge in [0.25, 0.3) is 5.91 Å². The van der Waals surface area contributed by atoms with Gasteiger partial charge in [0.2, 0.25) is 5.75 Å². The van der Waals surface area contributed by atoms with E-state index in [-0.39, 0.29) is 17.8 Å². The Hall–Kier alpha value is -3.58. The minimum atomic E-state index is -0.314. The second-order valence-electron chi connectivity index (χ2n) is 7.73. The molecule has 0 aliphatic heterocycles. The third-order valence-corrected chi connectivity index (χ3v) is 5.26. The normalized spacial score (nSPS) is 11.7. The van der Waals surface area contributed by atoms with Crippen molar-refractivity contribution >= 4 is 5.91 Å². The van der Waals surface area contributed by atoms with Crippen molar-refractivity contribution in [3.63, 3.8) is 0 Å². The fourth-order valence-electron chi connectivity index (χ4n) is 3.49. The number of carbonyl (C=O) groups is 1. The first kappa shape index (κ1) is 24.1. The number of ether oxygens (including phenoxy) is 3. The van der Waals surface area contributed by atoms with Gasteiger partial charge in [-0.1, -0.05) is 42.5 Å². The molecular formula is C26H29FN2O4. The molecule has 3 rings (SSSR count). The zero-order chi connectivity index (χ0) is 23.8. The average Bonchev–Trinajstić information content (AvgIpc) is 2.82. The van der Waals surface area contributed by atoms with Crippen LogP contribution in [0, 0.1) is 5.82 Å². The summed E-state index contributed by atoms with van der Waals surface area (Å²) in [6.07, 6.45) is 0. The number of rotatable bonds is 10. The highest BCUT2D eigenvalue weighted by atomic mass is 19.1. The van der Waals surface area contributed by atoms with Gasteiger partial charge in [-0.3, -0.25) is 4.79 Å². The van der Waals surface area contributed by atoms with Crippen LogP contribution >= 0.6 is 0 Å². The molecule has 0 bridgehead atoms. The predicted molar refractivity (Wildman–Crippen MR) is 125 cm³/mol. The zero-order valence-corrected chi connectivity index (χ0v) is 19.3. The molecule has 0 radical (unpaired) electrons. The molecule has 0 heterocycles. The highest BCUT2D eigenvalue weighted by molar-refractivity contribution is 5.95. The van der Waals surface area contributed by atoms with Gasteiger partial charge < -0.3 is 24.4 Å². The lowest BCUT2D eigenvalue weighted by molar-refractivity contribution is 0.0941. The minimum absolute atomic E-state index is 0.193. The second-order valence-corrected chi connectivity index (χ2v) is 7.73. The SMILES string of the molecule is COc1cc(C(=O)NC[C@@H](c2cccc(F)c2)N(C)C)cc(OC)c1OCc1ccccc1. The van der Waals surface area contributed by atoms with Crippen LogP contribution in [0.3, 0.4) is 0 Å². The largest absolute Gasteiger partial charge is 0.493 e. The van der Waals surface area contributed by atoms with Crippen LogP contribution in [0.2, 0.25) is 0 Å². The molecule has 1 N–H and O–H groups in total. The highest BCUT2D eigenvalue weighted by Gasteiger charge is 2.20. The van der Waals surface area contributed by atoms with Crippen LogP contribution in [0.4, 0.5) is 4.39 Å². The molecular weight excluding hydrogens is 423 g/mol. The Morgan fingerprint density at radius 2 is 1.64 bits per heavy atom. The number of hydrogen-bond acceptors (Lipinski definition) is 5. The van der Waals surface area contributed by atoms with Crippen molar-refractivity contribution in [2.24, 2.45) is 0 Å². The fourth-order valence-corrected chi connectivity index (χ4v) is 3.49. The minimum Gasteiger partial charge on any atom is -0.493 e. The molecule has 0 saturated heterocycles. The van der Waals surface area contributed by atoms with Gasteiger partial charge in [-0.15, -0.1) is 0 Å². The molecule has 3 aromatic rings. The Balaban J connectivity index is 1.76. The second kappa shape index (κ2) is 11.3. The topological polar surface area (TPSA) is 60.0 Å². The van der Waals surface area contributed by atoms with Crippen molar-refractivity contribution in [2.45, 2.75) is 12.6 Å². The number of hydrogen-bond donors (Lipinski definition) is 1. The van der Waals surface area contributed by atoms with E-state index in [9.17, 15) is 9.18 Å². The molecule has 0 unspecified atom stereocenters. The Morgan fingerprint density at radius 1 is 0.970 bits per heavy atom. The number of methoxy groups -OCH3 is 2. The molecule has 1 atom stereocenters. The van der Waals surface area contributed by atoms with Crippen LogP contribution in [0.25, 0.3) is 0 Å². The average molecular weight is 453 g/mol. The Kier molecular flexibility index (Phi) is 8.27. The summed E-state index contributed by atoms with van der Waals surface area (Å²) in [5, 5.41) is 2.92. The number of nitrogens with one attached hydrogen (secondary N) is 1. The van der Waals surface area contributed by atoms with Crippen molar-refractivity contribution in [3.05, 3.63) is 89.2 Å². The van der Waals surface area contributed by atoms with Gasteiger partial charge in [-0.2, -0.15) is 0 Å². The smallest absolute Gasteiger partial charge is 0.251 e. The molecule has 0 spiro atoms. The molecule has 1 amide bonds. The highest BCUT2D eigenvalue weighted by Crippen LogP contribution is 2.39. The lowest BCUT2D eigenvalue weighted by atomic mass is 10.1. The van der Waals surface area contributed by atoms with Crippen LogP contribution in [0.15, 0.2) is 66.7 Å². The molecule has 0 saturated carbocycles. The summed E-state index contributed by atoms with van der Waals surface area (Å²) in [5.74, 6) is 0.594. The number of amides is 1. The van der Waals surface area contributed by atoms with Crippen molar-refractivity contribution in [1.29, 1.82) is 0 Å². The standard InChI is InChI=1S/C26H29FN2O4/c1-29(2)22(19-11-8-12-21(27)13-19)16-28-26(30)20-14-23(31-3)25(24(15-20)32-4)33-17-18-9-6-5-7-10-18/h5-15,22H,16-17H2,1-4H3,(H,28,30)/t22-/m0/s1. The molecule has 33 heavy (non-hydrogen) atoms. The van der Waals surface area contributed by atoms with Crippen molar-refractivity contribution in [1.82, 2.24) is 10.2 Å². The van der Waals surface area contributed by atoms with Crippen molar-refractivity contribution in [2.75, 3.05) is 34.9 Å². The molecule has 0 fully saturated rings. The summed E-state index contributed by atoms with van der Waals surface area (Å²) in [5.41, 5.74) is 2.14. The Morgan fingerprint density at radius 3 is 2.21 bits per heavy atom. The van der Waals surface area contributed by atoms with E-state index in [0.717, 1.165) is 11.1 Å². The van der Waals surface area contributed by atoms with Crippen LogP contribution in [-0.2, 0) is 6.61 Å². The van der Waals surface area contributed by atoms with Crippen LogP contribution in [0.5, 0.6) is 17.2 Å². The molecule has 0 aliphatic carbocycles. The van der Waals surface area contributed by atoms with E-state index in [1.807, 2.05) is 55.4 Å². The maximum atomic E-state index is 13.7. The summed E-state index contributed by atoms with van der Waals surface area (Å²) in [6, 6.07) is 19.1. The van der Waals surface area contributed by atoms with E-state index in [1.54, 1.807) is 18.2 Å². The van der Waals surface area contributed by atoms with Gasteiger partial charge in [-0.05, 0) is 49.5 Å². The van der Waals surface area contributed by atoms with E-state index in [0.29, 0.717) is 36.0 Å². The fraction of sp³-hybridized carbons (Fsp3) is 0.269. The summed E-state index contributed by atoms with van der Waals surface area (Å²) < 4.78 is 30.6. The molecule has 0 aromatic heterocycles. The van der Waals surface area contributed by atoms with Gasteiger partial charge in [0, 0.05) is 12.1 Å². The van der Waals surface area contributed by atoms with Crippen molar-refractivity contribution in [3.8, 4) is 17.2 Å². The summed E-state index contributed by atoms with van der Waals surface area (Å²) in [4.78, 5) is 14.9. The number of halogens is 1. The summed E-state index contributed by atoms with van der Waals surface area (Å²) in [7, 11) is 6.79. The predicted octanol–water partition coefficient (Wildman–Crippen LogP) is 4.45. The lowest BCUT2D eigenvalue weighted by Crippen LogP contribution is -2.34. The molecule has 174 valence electrons. The molecule has 7 heteroatoms. The quantitative estimate of drug-likeness (QED) is 0.492. The number of carbonyl (C=O) groups excluding carboxylic acids is 1. The first-order chi connectivity index (χ1) is 15.9. The molecule has 3 aromatic carbocycles. The van der Waals surface area contributed by atoms with E-state index in [4.69, 9.17) is 14.2 Å². The summed E-state index contributed by atoms with van der Waals surface area (Å²) in [6.45, 7) is 0.628. The zero-order valence-electron chi connectivity index (χ0n) is 19.3. The lowest BCUT2D eigenvalue weighted by Gasteiger charge is -2.25. The van der Waals surface area contributed by atoms with Gasteiger partial charge in [0.15, 0.2) is 11.5 Å². The van der Waals surface area contributed by atoms with Crippen LogP contribution in [0.1, 0.15) is 27.5 Å². The van der Waals surface area contributed by atoms with E-state index >= 15 is 0 Å². The molecule has 0 aliphatic rings. The van der Waals surface area contributed by atoms with Crippen LogP contribution in [-0.4, -0.2) is 45.7 Å². The van der Waals surface area contributed by atoms with Crippen LogP contribution < -0.4 is 19.5 Å². The van der Waals surface area contributed by atoms with Gasteiger partial charge in [0.05, 0.1) is 20.3 Å². The monoisotopic (exact) mass is 452 g/mol. The number of benzene rings is 3. The summed E-state index contributed by atoms with van der Waals surface area (Å²) >= 11 is 0. The maximum Gasteiger partial charge on any atom is 0.251 e. The third-order valence-electron chi connectivity index (χ3n) is 5.26. The van der Waals surface area contributed by atoms with Gasteiger partial charge >= 0.3 is 0 Å². The van der Waals surface area contributed by atoms with Crippen molar-refractivity contribution < 1.29 is 23.4 Å². The van der Waals surface area contributed by atoms with Gasteiger partial charge in [0.1, 0.15) is 12.4 Å². The number of likely N-dealkylation sites (N-methyl/N-ethyl adjacent to an activating group) is 1. The van der Waals surface area contributed by atoms with E-state index in [2.05, 4.69) is 5.32 Å². The number of nitrogens with zero attached hydrogens (tertiary/aromatic N) is 1. The van der Waals surface area contributed by atoms with E-state index in [1.165, 1.54) is 26.4 Å². The first-order valence-electron chi connectivity index (χ1n) is 10.6. The Labute approximate surface area is 193 Å². The third kappa shape index (κ3) is 6.23. The Bertz CT molecular complexity index is 1050. The van der Waals surface area contributed by atoms with Gasteiger partial charge in [-0.25, -0.2) is 4.39 Å². The first-order valence-corrected chi connectivity index (χ1v) is 10.6.